The van der Waals surface area contributed by atoms with Crippen LogP contribution in [0.4, 0.5) is 0 Å². The molecular formula is C12H9Cl2N3O2. The van der Waals surface area contributed by atoms with Crippen LogP contribution in [-0.2, 0) is 11.2 Å². The van der Waals surface area contributed by atoms with Gasteiger partial charge in [0, 0.05) is 24.2 Å². The molecule has 2 heterocycles. The molecular weight excluding hydrogens is 289 g/mol. The average molecular weight is 298 g/mol. The van der Waals surface area contributed by atoms with Gasteiger partial charge in [0.2, 0.25) is 5.28 Å². The highest BCUT2D eigenvalue weighted by atomic mass is 35.5. The van der Waals surface area contributed by atoms with Crippen LogP contribution in [0.3, 0.4) is 0 Å². The second-order valence-corrected chi connectivity index (χ2v) is 4.53. The number of carboxylic acids is 1. The molecule has 19 heavy (non-hydrogen) atoms. The molecule has 0 saturated carbocycles. The second kappa shape index (κ2) is 5.95. The second-order valence-electron chi connectivity index (χ2n) is 3.84. The van der Waals surface area contributed by atoms with Gasteiger partial charge in [-0.1, -0.05) is 17.7 Å². The minimum absolute atomic E-state index is 0.0296. The van der Waals surface area contributed by atoms with E-state index in [0.717, 1.165) is 0 Å². The maximum absolute atomic E-state index is 11.3. The fourth-order valence-corrected chi connectivity index (χ4v) is 2.04. The minimum Gasteiger partial charge on any atom is -0.481 e. The number of aromatic nitrogens is 3. The third kappa shape index (κ3) is 3.39. The molecule has 1 unspecified atom stereocenters. The first kappa shape index (κ1) is 13.7. The van der Waals surface area contributed by atoms with E-state index in [1.165, 1.54) is 12.4 Å². The fourth-order valence-electron chi connectivity index (χ4n) is 1.65. The zero-order valence-corrected chi connectivity index (χ0v) is 11.1. The summed E-state index contributed by atoms with van der Waals surface area (Å²) in [5, 5.41) is 9.49. The Morgan fingerprint density at radius 2 is 2.16 bits per heavy atom. The van der Waals surface area contributed by atoms with Crippen molar-refractivity contribution in [3.63, 3.8) is 0 Å². The van der Waals surface area contributed by atoms with Crippen molar-refractivity contribution in [2.45, 2.75) is 12.3 Å². The van der Waals surface area contributed by atoms with Crippen molar-refractivity contribution in [1.29, 1.82) is 0 Å². The highest BCUT2D eigenvalue weighted by molar-refractivity contribution is 6.32. The largest absolute Gasteiger partial charge is 0.481 e. The van der Waals surface area contributed by atoms with Gasteiger partial charge in [-0.2, -0.15) is 0 Å². The molecule has 5 nitrogen and oxygen atoms in total. The van der Waals surface area contributed by atoms with Crippen molar-refractivity contribution in [2.75, 3.05) is 0 Å². The Morgan fingerprint density at radius 1 is 1.37 bits per heavy atom. The SMILES string of the molecule is O=C(O)C(Cc1cnc(Cl)nc1Cl)c1cccnc1. The van der Waals surface area contributed by atoms with E-state index >= 15 is 0 Å². The molecule has 0 aliphatic heterocycles. The summed E-state index contributed by atoms with van der Waals surface area (Å²) in [4.78, 5) is 22.9. The highest BCUT2D eigenvalue weighted by Crippen LogP contribution is 2.24. The lowest BCUT2D eigenvalue weighted by atomic mass is 9.94. The van der Waals surface area contributed by atoms with Crippen LogP contribution in [-0.4, -0.2) is 26.0 Å². The summed E-state index contributed by atoms with van der Waals surface area (Å²) in [6.07, 6.45) is 4.71. The third-order valence-corrected chi connectivity index (χ3v) is 3.10. The molecule has 1 atom stereocenters. The minimum atomic E-state index is -0.959. The average Bonchev–Trinajstić information content (AvgIpc) is 2.38. The Bertz CT molecular complexity index is 593. The standard InChI is InChI=1S/C12H9Cl2N3O2/c13-10-8(6-16-12(14)17-10)4-9(11(18)19)7-2-1-3-15-5-7/h1-3,5-6,9H,4H2,(H,18,19). The van der Waals surface area contributed by atoms with Crippen molar-refractivity contribution < 1.29 is 9.90 Å². The zero-order valence-electron chi connectivity index (χ0n) is 9.62. The normalized spacial score (nSPS) is 12.1. The number of aliphatic carboxylic acids is 1. The fraction of sp³-hybridized carbons (Fsp3) is 0.167. The van der Waals surface area contributed by atoms with E-state index in [0.29, 0.717) is 11.1 Å². The van der Waals surface area contributed by atoms with E-state index in [2.05, 4.69) is 15.0 Å². The molecule has 2 aromatic heterocycles. The number of hydrogen-bond acceptors (Lipinski definition) is 4. The van der Waals surface area contributed by atoms with Gasteiger partial charge in [0.15, 0.2) is 0 Å². The molecule has 7 heteroatoms. The summed E-state index contributed by atoms with van der Waals surface area (Å²) in [7, 11) is 0. The number of rotatable bonds is 4. The Kier molecular flexibility index (Phi) is 4.29. The number of nitrogens with zero attached hydrogens (tertiary/aromatic N) is 3. The topological polar surface area (TPSA) is 76.0 Å². The van der Waals surface area contributed by atoms with Gasteiger partial charge in [0.1, 0.15) is 5.15 Å². The Hall–Kier alpha value is -1.72. The summed E-state index contributed by atoms with van der Waals surface area (Å²) in [5.41, 5.74) is 1.13. The monoisotopic (exact) mass is 297 g/mol. The van der Waals surface area contributed by atoms with E-state index in [1.807, 2.05) is 0 Å². The van der Waals surface area contributed by atoms with E-state index < -0.39 is 11.9 Å². The van der Waals surface area contributed by atoms with E-state index in [4.69, 9.17) is 23.2 Å². The maximum Gasteiger partial charge on any atom is 0.311 e. The van der Waals surface area contributed by atoms with Crippen molar-refractivity contribution >= 4 is 29.2 Å². The van der Waals surface area contributed by atoms with Crippen LogP contribution in [0.5, 0.6) is 0 Å². The van der Waals surface area contributed by atoms with E-state index in [-0.39, 0.29) is 16.9 Å². The van der Waals surface area contributed by atoms with Gasteiger partial charge in [-0.25, -0.2) is 9.97 Å². The van der Waals surface area contributed by atoms with Gasteiger partial charge in [0.25, 0.3) is 0 Å². The van der Waals surface area contributed by atoms with Gasteiger partial charge in [-0.3, -0.25) is 9.78 Å². The first-order valence-corrected chi connectivity index (χ1v) is 6.13. The molecule has 0 aliphatic rings. The van der Waals surface area contributed by atoms with Crippen molar-refractivity contribution in [3.8, 4) is 0 Å². The first-order valence-electron chi connectivity index (χ1n) is 5.37. The van der Waals surface area contributed by atoms with Crippen LogP contribution in [0.25, 0.3) is 0 Å². The summed E-state index contributed by atoms with van der Waals surface area (Å²) in [6.45, 7) is 0. The van der Waals surface area contributed by atoms with E-state index in [9.17, 15) is 9.90 Å². The molecule has 0 radical (unpaired) electrons. The number of carbonyl (C=O) groups is 1. The van der Waals surface area contributed by atoms with Gasteiger partial charge in [0.05, 0.1) is 5.92 Å². The lowest BCUT2D eigenvalue weighted by molar-refractivity contribution is -0.138. The molecule has 0 saturated heterocycles. The van der Waals surface area contributed by atoms with Crippen LogP contribution < -0.4 is 0 Å². The number of carboxylic acid groups (broad SMARTS) is 1. The van der Waals surface area contributed by atoms with Crippen molar-refractivity contribution in [2.24, 2.45) is 0 Å². The third-order valence-electron chi connectivity index (χ3n) is 2.59. The molecule has 0 spiro atoms. The van der Waals surface area contributed by atoms with Gasteiger partial charge in [-0.15, -0.1) is 0 Å². The smallest absolute Gasteiger partial charge is 0.311 e. The Morgan fingerprint density at radius 3 is 2.74 bits per heavy atom. The van der Waals surface area contributed by atoms with Crippen LogP contribution in [0, 0.1) is 0 Å². The van der Waals surface area contributed by atoms with E-state index in [1.54, 1.807) is 18.3 Å². The molecule has 0 amide bonds. The lowest BCUT2D eigenvalue weighted by Gasteiger charge is -2.12. The number of hydrogen-bond donors (Lipinski definition) is 1. The van der Waals surface area contributed by atoms with Gasteiger partial charge >= 0.3 is 5.97 Å². The van der Waals surface area contributed by atoms with Crippen molar-refractivity contribution in [1.82, 2.24) is 15.0 Å². The maximum atomic E-state index is 11.3. The van der Waals surface area contributed by atoms with Crippen LogP contribution >= 0.6 is 23.2 Å². The molecule has 98 valence electrons. The molecule has 0 aliphatic carbocycles. The van der Waals surface area contributed by atoms with Crippen LogP contribution in [0.1, 0.15) is 17.0 Å². The first-order chi connectivity index (χ1) is 9.08. The summed E-state index contributed by atoms with van der Waals surface area (Å²) < 4.78 is 0. The summed E-state index contributed by atoms with van der Waals surface area (Å²) in [5.74, 6) is -1.71. The lowest BCUT2D eigenvalue weighted by Crippen LogP contribution is -2.15. The Balaban J connectivity index is 2.29. The Labute approximate surface area is 119 Å². The summed E-state index contributed by atoms with van der Waals surface area (Å²) in [6, 6.07) is 3.39. The molecule has 0 bridgehead atoms. The molecule has 0 aromatic carbocycles. The molecule has 2 rings (SSSR count). The van der Waals surface area contributed by atoms with Gasteiger partial charge in [-0.05, 0) is 29.7 Å². The highest BCUT2D eigenvalue weighted by Gasteiger charge is 2.22. The van der Waals surface area contributed by atoms with Crippen LogP contribution in [0.2, 0.25) is 10.4 Å². The van der Waals surface area contributed by atoms with Crippen LogP contribution in [0.15, 0.2) is 30.7 Å². The zero-order chi connectivity index (χ0) is 13.8. The van der Waals surface area contributed by atoms with Crippen molar-refractivity contribution in [3.05, 3.63) is 52.3 Å². The number of halogens is 2. The molecule has 2 aromatic rings. The molecule has 1 N–H and O–H groups in total. The predicted molar refractivity (Wildman–Crippen MR) is 70.4 cm³/mol. The predicted octanol–water partition coefficient (Wildman–Crippen LogP) is 2.59. The van der Waals surface area contributed by atoms with Gasteiger partial charge < -0.3 is 5.11 Å². The number of pyridine rings is 1. The molecule has 0 fully saturated rings. The quantitative estimate of drug-likeness (QED) is 0.693. The summed E-state index contributed by atoms with van der Waals surface area (Å²) >= 11 is 11.5.